The normalized spacial score (nSPS) is 22.4. The Bertz CT molecular complexity index is 1160. The Labute approximate surface area is 194 Å². The van der Waals surface area contributed by atoms with Crippen LogP contribution in [0, 0.1) is 5.92 Å². The number of hydrogen-bond acceptors (Lipinski definition) is 5. The molecular formula is C25H21BrN2O4. The van der Waals surface area contributed by atoms with Gasteiger partial charge < -0.3 is 4.74 Å². The summed E-state index contributed by atoms with van der Waals surface area (Å²) in [6, 6.07) is 24.3. The van der Waals surface area contributed by atoms with Crippen LogP contribution in [0.15, 0.2) is 83.3 Å². The smallest absolute Gasteiger partial charge is 0.262 e. The Morgan fingerprint density at radius 2 is 1.62 bits per heavy atom. The molecule has 0 aliphatic carbocycles. The van der Waals surface area contributed by atoms with Gasteiger partial charge in [0.2, 0.25) is 5.91 Å². The molecule has 5 rings (SSSR count). The maximum absolute atomic E-state index is 13.5. The van der Waals surface area contributed by atoms with E-state index in [0.29, 0.717) is 5.75 Å². The second-order valence-corrected chi connectivity index (χ2v) is 8.65. The summed E-state index contributed by atoms with van der Waals surface area (Å²) in [5, 5.41) is 1.69. The zero-order valence-corrected chi connectivity index (χ0v) is 18.9. The number of imide groups is 1. The van der Waals surface area contributed by atoms with Crippen molar-refractivity contribution in [3.05, 3.63) is 94.5 Å². The molecule has 162 valence electrons. The van der Waals surface area contributed by atoms with Crippen LogP contribution in [-0.4, -0.2) is 29.9 Å². The van der Waals surface area contributed by atoms with Gasteiger partial charge in [-0.15, -0.1) is 0 Å². The number of nitrogens with zero attached hydrogens (tertiary/aromatic N) is 2. The molecule has 2 aliphatic rings. The molecule has 2 fully saturated rings. The summed E-state index contributed by atoms with van der Waals surface area (Å²) in [5.41, 5.74) is 2.55. The van der Waals surface area contributed by atoms with E-state index < -0.39 is 18.1 Å². The van der Waals surface area contributed by atoms with Crippen molar-refractivity contribution >= 4 is 33.4 Å². The van der Waals surface area contributed by atoms with E-state index in [9.17, 15) is 9.59 Å². The van der Waals surface area contributed by atoms with Crippen LogP contribution in [-0.2, 0) is 21.0 Å². The molecule has 2 aliphatic heterocycles. The number of hydroxylamine groups is 1. The van der Waals surface area contributed by atoms with Crippen molar-refractivity contribution in [2.24, 2.45) is 5.92 Å². The van der Waals surface area contributed by atoms with Crippen molar-refractivity contribution in [1.82, 2.24) is 4.90 Å². The molecule has 3 aromatic rings. The van der Waals surface area contributed by atoms with Crippen LogP contribution in [0.4, 0.5) is 5.69 Å². The molecule has 32 heavy (non-hydrogen) atoms. The minimum absolute atomic E-state index is 0.223. The van der Waals surface area contributed by atoms with Crippen molar-refractivity contribution in [1.29, 1.82) is 0 Å². The Morgan fingerprint density at radius 1 is 0.938 bits per heavy atom. The highest BCUT2D eigenvalue weighted by Crippen LogP contribution is 2.47. The minimum Gasteiger partial charge on any atom is -0.496 e. The lowest BCUT2D eigenvalue weighted by Gasteiger charge is -2.29. The van der Waals surface area contributed by atoms with Crippen LogP contribution in [0.3, 0.4) is 0 Å². The highest BCUT2D eigenvalue weighted by atomic mass is 79.9. The number of likely N-dealkylation sites (tertiary alicyclic amines) is 1. The lowest BCUT2D eigenvalue weighted by Crippen LogP contribution is -2.36. The van der Waals surface area contributed by atoms with Crippen LogP contribution in [0.1, 0.15) is 17.2 Å². The van der Waals surface area contributed by atoms with E-state index in [1.165, 1.54) is 4.90 Å². The second-order valence-electron chi connectivity index (χ2n) is 7.80. The maximum atomic E-state index is 13.5. The molecule has 0 radical (unpaired) electrons. The van der Waals surface area contributed by atoms with Gasteiger partial charge >= 0.3 is 0 Å². The lowest BCUT2D eigenvalue weighted by molar-refractivity contribution is -0.143. The van der Waals surface area contributed by atoms with E-state index in [0.717, 1.165) is 21.3 Å². The quantitative estimate of drug-likeness (QED) is 0.490. The summed E-state index contributed by atoms with van der Waals surface area (Å²) in [7, 11) is 1.60. The van der Waals surface area contributed by atoms with Gasteiger partial charge in [0.15, 0.2) is 6.10 Å². The van der Waals surface area contributed by atoms with E-state index in [2.05, 4.69) is 15.9 Å². The Kier molecular flexibility index (Phi) is 5.45. The van der Waals surface area contributed by atoms with E-state index in [4.69, 9.17) is 9.57 Å². The third-order valence-corrected chi connectivity index (χ3v) is 6.54. The van der Waals surface area contributed by atoms with Gasteiger partial charge in [-0.05, 0) is 51.3 Å². The molecule has 0 spiro atoms. The van der Waals surface area contributed by atoms with Crippen molar-refractivity contribution in [3.63, 3.8) is 0 Å². The molecule has 2 heterocycles. The average molecular weight is 493 g/mol. The molecule has 3 aromatic carbocycles. The van der Waals surface area contributed by atoms with Crippen LogP contribution in [0.2, 0.25) is 0 Å². The van der Waals surface area contributed by atoms with Crippen molar-refractivity contribution < 1.29 is 19.2 Å². The number of anilines is 1. The van der Waals surface area contributed by atoms with Crippen molar-refractivity contribution in [2.45, 2.75) is 18.7 Å². The fraction of sp³-hybridized carbons (Fsp3) is 0.200. The summed E-state index contributed by atoms with van der Waals surface area (Å²) in [6.45, 7) is 0.235. The van der Waals surface area contributed by atoms with E-state index in [-0.39, 0.29) is 18.4 Å². The number of amides is 2. The zero-order chi connectivity index (χ0) is 22.2. The third-order valence-electron chi connectivity index (χ3n) is 5.92. The average Bonchev–Trinajstić information content (AvgIpc) is 3.32. The molecule has 2 saturated heterocycles. The number of para-hydroxylation sites is 1. The number of benzene rings is 3. The van der Waals surface area contributed by atoms with E-state index in [1.807, 2.05) is 78.9 Å². The number of hydrogen-bond donors (Lipinski definition) is 0. The summed E-state index contributed by atoms with van der Waals surface area (Å²) < 4.78 is 6.13. The van der Waals surface area contributed by atoms with Gasteiger partial charge in [-0.25, -0.2) is 5.06 Å². The molecule has 2 amide bonds. The summed E-state index contributed by atoms with van der Waals surface area (Å²) in [6.07, 6.45) is -0.864. The van der Waals surface area contributed by atoms with Gasteiger partial charge in [0.05, 0.1) is 29.9 Å². The SMILES string of the molecule is COc1ccc([C@H]2[C@@H]3C(=O)N(Cc4ccccc4)C(=O)[C@H]3ON2c2ccccc2)cc1Br. The number of methoxy groups -OCH3 is 1. The summed E-state index contributed by atoms with van der Waals surface area (Å²) >= 11 is 3.54. The first-order valence-corrected chi connectivity index (χ1v) is 11.1. The molecule has 0 saturated carbocycles. The van der Waals surface area contributed by atoms with Crippen LogP contribution in [0.25, 0.3) is 0 Å². The molecule has 0 N–H and O–H groups in total. The second kappa shape index (κ2) is 8.41. The topological polar surface area (TPSA) is 59.1 Å². The van der Waals surface area contributed by atoms with Crippen LogP contribution < -0.4 is 9.80 Å². The summed E-state index contributed by atoms with van der Waals surface area (Å²) in [5.74, 6) is -0.485. The number of ether oxygens (including phenoxy) is 1. The van der Waals surface area contributed by atoms with E-state index >= 15 is 0 Å². The van der Waals surface area contributed by atoms with Crippen molar-refractivity contribution in [2.75, 3.05) is 12.2 Å². The van der Waals surface area contributed by atoms with Gasteiger partial charge in [0.25, 0.3) is 5.91 Å². The molecule has 3 atom stereocenters. The van der Waals surface area contributed by atoms with Gasteiger partial charge in [-0.3, -0.25) is 19.3 Å². The largest absolute Gasteiger partial charge is 0.496 e. The monoisotopic (exact) mass is 492 g/mol. The lowest BCUT2D eigenvalue weighted by atomic mass is 9.90. The van der Waals surface area contributed by atoms with Gasteiger partial charge in [0.1, 0.15) is 11.7 Å². The fourth-order valence-electron chi connectivity index (χ4n) is 4.40. The highest BCUT2D eigenvalue weighted by Gasteiger charge is 2.59. The Balaban J connectivity index is 1.54. The number of rotatable bonds is 5. The highest BCUT2D eigenvalue weighted by molar-refractivity contribution is 9.10. The molecular weight excluding hydrogens is 472 g/mol. The summed E-state index contributed by atoms with van der Waals surface area (Å²) in [4.78, 5) is 34.3. The van der Waals surface area contributed by atoms with Crippen LogP contribution in [0.5, 0.6) is 5.75 Å². The van der Waals surface area contributed by atoms with E-state index in [1.54, 1.807) is 12.2 Å². The standard InChI is InChI=1S/C25H21BrN2O4/c1-31-20-13-12-17(14-19(20)26)22-21-23(32-28(22)18-10-6-3-7-11-18)25(30)27(24(21)29)15-16-8-4-2-5-9-16/h2-14,21-23H,15H2,1H3/t21-,22-,23-/m0/s1. The van der Waals surface area contributed by atoms with Gasteiger partial charge in [-0.2, -0.15) is 0 Å². The van der Waals surface area contributed by atoms with Gasteiger partial charge in [-0.1, -0.05) is 54.6 Å². The number of halogens is 1. The predicted octanol–water partition coefficient (Wildman–Crippen LogP) is 4.50. The third kappa shape index (κ3) is 3.47. The Hall–Kier alpha value is -3.16. The minimum atomic E-state index is -0.864. The van der Waals surface area contributed by atoms with Gasteiger partial charge in [0, 0.05) is 0 Å². The fourth-order valence-corrected chi connectivity index (χ4v) is 4.96. The van der Waals surface area contributed by atoms with Crippen molar-refractivity contribution in [3.8, 4) is 5.75 Å². The maximum Gasteiger partial charge on any atom is 0.262 e. The number of carbonyl (C=O) groups is 2. The first kappa shape index (κ1) is 20.7. The molecule has 0 unspecified atom stereocenters. The Morgan fingerprint density at radius 3 is 2.28 bits per heavy atom. The molecule has 0 aromatic heterocycles. The number of carbonyl (C=O) groups excluding carboxylic acids is 2. The first-order chi connectivity index (χ1) is 15.6. The molecule has 7 heteroatoms. The first-order valence-electron chi connectivity index (χ1n) is 10.3. The van der Waals surface area contributed by atoms with Crippen LogP contribution >= 0.6 is 15.9 Å². The number of fused-ring (bicyclic) bond motifs is 1. The predicted molar refractivity (Wildman–Crippen MR) is 123 cm³/mol. The molecule has 6 nitrogen and oxygen atoms in total. The molecule has 0 bridgehead atoms. The zero-order valence-electron chi connectivity index (χ0n) is 17.4.